The number of likely N-dealkylation sites (tertiary alicyclic amines) is 1. The largest absolute Gasteiger partial charge is 0.355 e. The quantitative estimate of drug-likeness (QED) is 0.462. The molecule has 0 saturated carbocycles. The number of piperidine rings is 1. The smallest absolute Gasteiger partial charge is 0.230 e. The van der Waals surface area contributed by atoms with Crippen LogP contribution >= 0.6 is 11.6 Å². The van der Waals surface area contributed by atoms with Gasteiger partial charge >= 0.3 is 0 Å². The van der Waals surface area contributed by atoms with E-state index in [1.165, 1.54) is 12.1 Å². The highest BCUT2D eigenvalue weighted by Gasteiger charge is 2.43. The maximum atomic E-state index is 13.5. The molecule has 4 rings (SSSR count). The van der Waals surface area contributed by atoms with Gasteiger partial charge in [0.05, 0.1) is 5.41 Å². The Morgan fingerprint density at radius 1 is 0.857 bits per heavy atom. The first kappa shape index (κ1) is 24.9. The standard InChI is InChI=1S/C29H30ClFN2O2/c30-25-11-6-23(7-12-25)16-19-32-28(35)29(24-4-2-1-3-5-24)17-20-33(21-18-29)27(34)15-10-22-8-13-26(31)14-9-22/h1-9,11-14H,10,15-21H2,(H,32,35). The minimum Gasteiger partial charge on any atom is -0.355 e. The summed E-state index contributed by atoms with van der Waals surface area (Å²) in [5.41, 5.74) is 2.39. The van der Waals surface area contributed by atoms with E-state index in [4.69, 9.17) is 11.6 Å². The van der Waals surface area contributed by atoms with Crippen molar-refractivity contribution in [3.8, 4) is 0 Å². The summed E-state index contributed by atoms with van der Waals surface area (Å²) in [6.07, 6.45) is 2.82. The lowest BCUT2D eigenvalue weighted by Gasteiger charge is -2.41. The van der Waals surface area contributed by atoms with Crippen LogP contribution in [-0.4, -0.2) is 36.3 Å². The first-order chi connectivity index (χ1) is 17.0. The Bertz CT molecular complexity index is 1130. The predicted octanol–water partition coefficient (Wildman–Crippen LogP) is 5.33. The van der Waals surface area contributed by atoms with E-state index >= 15 is 0 Å². The highest BCUT2D eigenvalue weighted by Crippen LogP contribution is 2.36. The second-order valence-corrected chi connectivity index (χ2v) is 9.52. The molecule has 1 aliphatic heterocycles. The number of aryl methyl sites for hydroxylation is 1. The molecule has 6 heteroatoms. The maximum absolute atomic E-state index is 13.5. The van der Waals surface area contributed by atoms with Crippen molar-refractivity contribution in [2.24, 2.45) is 0 Å². The predicted molar refractivity (Wildman–Crippen MR) is 137 cm³/mol. The van der Waals surface area contributed by atoms with Crippen molar-refractivity contribution in [1.29, 1.82) is 0 Å². The number of hydrogen-bond donors (Lipinski definition) is 1. The molecular weight excluding hydrogens is 463 g/mol. The van der Waals surface area contributed by atoms with Gasteiger partial charge in [0, 0.05) is 31.1 Å². The summed E-state index contributed by atoms with van der Waals surface area (Å²) in [4.78, 5) is 28.2. The van der Waals surface area contributed by atoms with Gasteiger partial charge in [0.15, 0.2) is 0 Å². The lowest BCUT2D eigenvalue weighted by molar-refractivity contribution is -0.136. The van der Waals surface area contributed by atoms with Crippen LogP contribution in [0, 0.1) is 5.82 Å². The molecule has 3 aromatic carbocycles. The fourth-order valence-corrected chi connectivity index (χ4v) is 4.87. The molecule has 1 heterocycles. The minimum absolute atomic E-state index is 0.0103. The summed E-state index contributed by atoms with van der Waals surface area (Å²) in [5.74, 6) is -0.199. The first-order valence-corrected chi connectivity index (χ1v) is 12.4. The van der Waals surface area contributed by atoms with Gasteiger partial charge in [-0.2, -0.15) is 0 Å². The van der Waals surface area contributed by atoms with Gasteiger partial charge in [0.1, 0.15) is 5.82 Å². The zero-order chi connectivity index (χ0) is 24.7. The molecule has 1 fully saturated rings. The number of nitrogens with one attached hydrogen (secondary N) is 1. The van der Waals surface area contributed by atoms with Gasteiger partial charge in [0.25, 0.3) is 0 Å². The molecule has 35 heavy (non-hydrogen) atoms. The van der Waals surface area contributed by atoms with Gasteiger partial charge in [-0.1, -0.05) is 66.2 Å². The number of nitrogens with zero attached hydrogens (tertiary/aromatic N) is 1. The lowest BCUT2D eigenvalue weighted by Crippen LogP contribution is -2.53. The molecule has 0 bridgehead atoms. The van der Waals surface area contributed by atoms with Crippen LogP contribution < -0.4 is 5.32 Å². The van der Waals surface area contributed by atoms with Crippen molar-refractivity contribution >= 4 is 23.4 Å². The van der Waals surface area contributed by atoms with Crippen LogP contribution in [0.15, 0.2) is 78.9 Å². The second-order valence-electron chi connectivity index (χ2n) is 9.09. The van der Waals surface area contributed by atoms with Gasteiger partial charge in [-0.3, -0.25) is 9.59 Å². The average Bonchev–Trinajstić information content (AvgIpc) is 2.90. The normalized spacial score (nSPS) is 15.0. The number of carbonyl (C=O) groups excluding carboxylic acids is 2. The summed E-state index contributed by atoms with van der Waals surface area (Å²) in [5, 5.41) is 3.84. The molecular formula is C29H30ClFN2O2. The van der Waals surface area contributed by atoms with Gasteiger partial charge < -0.3 is 10.2 Å². The third-order valence-electron chi connectivity index (χ3n) is 6.88. The van der Waals surface area contributed by atoms with E-state index in [9.17, 15) is 14.0 Å². The van der Waals surface area contributed by atoms with Crippen LogP contribution in [0.5, 0.6) is 0 Å². The Balaban J connectivity index is 1.37. The minimum atomic E-state index is -0.658. The first-order valence-electron chi connectivity index (χ1n) is 12.1. The van der Waals surface area contributed by atoms with E-state index in [1.54, 1.807) is 12.1 Å². The van der Waals surface area contributed by atoms with Gasteiger partial charge in [-0.25, -0.2) is 4.39 Å². The Morgan fingerprint density at radius 3 is 2.11 bits per heavy atom. The summed E-state index contributed by atoms with van der Waals surface area (Å²) in [7, 11) is 0. The van der Waals surface area contributed by atoms with E-state index < -0.39 is 5.41 Å². The second kappa shape index (κ2) is 11.5. The zero-order valence-corrected chi connectivity index (χ0v) is 20.4. The van der Waals surface area contributed by atoms with E-state index in [0.29, 0.717) is 50.3 Å². The molecule has 0 spiro atoms. The van der Waals surface area contributed by atoms with E-state index in [0.717, 1.165) is 23.1 Å². The molecule has 0 radical (unpaired) electrons. The maximum Gasteiger partial charge on any atom is 0.230 e. The SMILES string of the molecule is O=C(CCc1ccc(F)cc1)N1CCC(C(=O)NCCc2ccc(Cl)cc2)(c2ccccc2)CC1. The van der Waals surface area contributed by atoms with Crippen LogP contribution in [0.3, 0.4) is 0 Å². The molecule has 0 aliphatic carbocycles. The summed E-state index contributed by atoms with van der Waals surface area (Å²) >= 11 is 5.96. The number of amides is 2. The lowest BCUT2D eigenvalue weighted by atomic mass is 9.72. The molecule has 4 nitrogen and oxygen atoms in total. The Morgan fingerprint density at radius 2 is 1.46 bits per heavy atom. The molecule has 0 atom stereocenters. The highest BCUT2D eigenvalue weighted by atomic mass is 35.5. The van der Waals surface area contributed by atoms with Crippen LogP contribution in [0.4, 0.5) is 4.39 Å². The summed E-state index contributed by atoms with van der Waals surface area (Å²) in [6, 6.07) is 23.8. The molecule has 182 valence electrons. The molecule has 3 aromatic rings. The fourth-order valence-electron chi connectivity index (χ4n) is 4.74. The number of rotatable bonds is 8. The fraction of sp³-hybridized carbons (Fsp3) is 0.310. The molecule has 1 N–H and O–H groups in total. The van der Waals surface area contributed by atoms with Gasteiger partial charge in [-0.15, -0.1) is 0 Å². The van der Waals surface area contributed by atoms with Crippen LogP contribution in [0.2, 0.25) is 5.02 Å². The van der Waals surface area contributed by atoms with Crippen molar-refractivity contribution < 1.29 is 14.0 Å². The zero-order valence-electron chi connectivity index (χ0n) is 19.7. The molecule has 1 aliphatic rings. The third-order valence-corrected chi connectivity index (χ3v) is 7.14. The van der Waals surface area contributed by atoms with Crippen molar-refractivity contribution in [3.05, 3.63) is 106 Å². The average molecular weight is 493 g/mol. The summed E-state index contributed by atoms with van der Waals surface area (Å²) in [6.45, 7) is 1.60. The van der Waals surface area contributed by atoms with Gasteiger partial charge in [-0.05, 0) is 66.6 Å². The number of carbonyl (C=O) groups is 2. The molecule has 0 aromatic heterocycles. The summed E-state index contributed by atoms with van der Waals surface area (Å²) < 4.78 is 13.1. The number of halogens is 2. The van der Waals surface area contributed by atoms with E-state index in [-0.39, 0.29) is 17.6 Å². The van der Waals surface area contributed by atoms with Crippen LogP contribution in [-0.2, 0) is 27.8 Å². The van der Waals surface area contributed by atoms with Crippen molar-refractivity contribution in [3.63, 3.8) is 0 Å². The third kappa shape index (κ3) is 6.29. The molecule has 2 amide bonds. The Labute approximate surface area is 211 Å². The van der Waals surface area contributed by atoms with Crippen LogP contribution in [0.1, 0.15) is 36.0 Å². The van der Waals surface area contributed by atoms with Gasteiger partial charge in [0.2, 0.25) is 11.8 Å². The topological polar surface area (TPSA) is 49.4 Å². The van der Waals surface area contributed by atoms with E-state index in [2.05, 4.69) is 5.32 Å². The molecule has 0 unspecified atom stereocenters. The van der Waals surface area contributed by atoms with Crippen LogP contribution in [0.25, 0.3) is 0 Å². The number of benzene rings is 3. The van der Waals surface area contributed by atoms with Crippen molar-refractivity contribution in [2.45, 2.75) is 37.5 Å². The Hall–Kier alpha value is -3.18. The monoisotopic (exact) mass is 492 g/mol. The van der Waals surface area contributed by atoms with E-state index in [1.807, 2.05) is 59.5 Å². The molecule has 1 saturated heterocycles. The van der Waals surface area contributed by atoms with Crippen molar-refractivity contribution in [1.82, 2.24) is 10.2 Å². The highest BCUT2D eigenvalue weighted by molar-refractivity contribution is 6.30. The van der Waals surface area contributed by atoms with Crippen molar-refractivity contribution in [2.75, 3.05) is 19.6 Å². The Kier molecular flexibility index (Phi) is 8.19. The number of hydrogen-bond acceptors (Lipinski definition) is 2.